The zero-order valence-electron chi connectivity index (χ0n) is 14.0. The Hall–Kier alpha value is -0.380. The van der Waals surface area contributed by atoms with Crippen LogP contribution in [0.3, 0.4) is 0 Å². The molecule has 1 rings (SSSR count). The lowest BCUT2D eigenvalue weighted by Crippen LogP contribution is -2.54. The molecule has 1 unspecified atom stereocenters. The average Bonchev–Trinajstić information content (AvgIpc) is 2.51. The van der Waals surface area contributed by atoms with Crippen LogP contribution in [0.4, 0.5) is 4.79 Å². The smallest absolute Gasteiger partial charge is 0.409 e. The maximum Gasteiger partial charge on any atom is 0.409 e. The van der Waals surface area contributed by atoms with Crippen LogP contribution in [-0.2, 0) is 4.74 Å². The number of hydrogen-bond donors (Lipinski definition) is 1. The summed E-state index contributed by atoms with van der Waals surface area (Å²) in [4.78, 5) is 20.4. The van der Waals surface area contributed by atoms with E-state index in [1.54, 1.807) is 4.90 Å². The van der Waals surface area contributed by atoms with Gasteiger partial charge in [-0.05, 0) is 20.1 Å². The molecule has 0 radical (unpaired) electrons. The van der Waals surface area contributed by atoms with E-state index in [9.17, 15) is 4.79 Å². The summed E-state index contributed by atoms with van der Waals surface area (Å²) in [5.41, 5.74) is 0. The molecule has 8 heteroatoms. The van der Waals surface area contributed by atoms with Crippen LogP contribution in [0.15, 0.2) is 4.99 Å². The molecule has 1 aliphatic rings. The highest BCUT2D eigenvalue weighted by Crippen LogP contribution is 2.07. The highest BCUT2D eigenvalue weighted by Gasteiger charge is 2.23. The minimum atomic E-state index is -0.213. The van der Waals surface area contributed by atoms with Crippen LogP contribution in [0.25, 0.3) is 0 Å². The molecule has 0 spiro atoms. The van der Waals surface area contributed by atoms with E-state index in [1.165, 1.54) is 0 Å². The minimum Gasteiger partial charge on any atom is -0.450 e. The van der Waals surface area contributed by atoms with Gasteiger partial charge in [0.05, 0.1) is 13.2 Å². The van der Waals surface area contributed by atoms with E-state index >= 15 is 0 Å². The molecule has 1 N–H and O–H groups in total. The number of guanidine groups is 1. The molecule has 0 aliphatic carbocycles. The van der Waals surface area contributed by atoms with E-state index in [1.807, 2.05) is 18.7 Å². The number of rotatable bonds is 5. The van der Waals surface area contributed by atoms with Gasteiger partial charge in [0.15, 0.2) is 5.96 Å². The number of nitrogens with one attached hydrogen (secondary N) is 1. The first kappa shape index (κ1) is 21.6. The van der Waals surface area contributed by atoms with Gasteiger partial charge in [-0.2, -0.15) is 11.8 Å². The molecule has 0 aromatic carbocycles. The second-order valence-electron chi connectivity index (χ2n) is 4.91. The van der Waals surface area contributed by atoms with Gasteiger partial charge in [-0.3, -0.25) is 4.99 Å². The van der Waals surface area contributed by atoms with Crippen molar-refractivity contribution in [1.29, 1.82) is 0 Å². The quantitative estimate of drug-likeness (QED) is 0.400. The van der Waals surface area contributed by atoms with Crippen molar-refractivity contribution in [1.82, 2.24) is 15.1 Å². The van der Waals surface area contributed by atoms with Crippen molar-refractivity contribution >= 4 is 47.8 Å². The van der Waals surface area contributed by atoms with Gasteiger partial charge in [0.2, 0.25) is 0 Å². The zero-order chi connectivity index (χ0) is 15.7. The standard InChI is InChI=1S/C14H28N4O2S.HI/c1-5-15-13(16-11-12(3)21-4)17-7-9-18(10-8-17)14(19)20-6-2;/h12H,5-11H2,1-4H3,(H,15,16);1H. The Labute approximate surface area is 155 Å². The van der Waals surface area contributed by atoms with Crippen molar-refractivity contribution < 1.29 is 9.53 Å². The number of piperazine rings is 1. The van der Waals surface area contributed by atoms with E-state index in [-0.39, 0.29) is 30.1 Å². The zero-order valence-corrected chi connectivity index (χ0v) is 17.1. The van der Waals surface area contributed by atoms with Gasteiger partial charge in [-0.1, -0.05) is 6.92 Å². The first-order valence-electron chi connectivity index (χ1n) is 7.60. The molecule has 130 valence electrons. The summed E-state index contributed by atoms with van der Waals surface area (Å²) in [6.07, 6.45) is 1.89. The predicted octanol–water partition coefficient (Wildman–Crippen LogP) is 2.10. The molecule has 0 saturated carbocycles. The first-order chi connectivity index (χ1) is 10.1. The van der Waals surface area contributed by atoms with Crippen molar-refractivity contribution in [3.63, 3.8) is 0 Å². The van der Waals surface area contributed by atoms with Gasteiger partial charge in [-0.15, -0.1) is 24.0 Å². The SMILES string of the molecule is CCNC(=NCC(C)SC)N1CCN(C(=O)OCC)CC1.I. The molecule has 0 bridgehead atoms. The second-order valence-corrected chi connectivity index (χ2v) is 6.19. The van der Waals surface area contributed by atoms with Gasteiger partial charge in [0, 0.05) is 38.0 Å². The van der Waals surface area contributed by atoms with Gasteiger partial charge < -0.3 is 19.9 Å². The number of aliphatic imine (C=N–C) groups is 1. The van der Waals surface area contributed by atoms with Gasteiger partial charge in [0.25, 0.3) is 0 Å². The van der Waals surface area contributed by atoms with E-state index in [0.29, 0.717) is 24.9 Å². The lowest BCUT2D eigenvalue weighted by atomic mass is 10.3. The first-order valence-corrected chi connectivity index (χ1v) is 8.88. The Bertz CT molecular complexity index is 350. The molecule has 1 amide bonds. The number of amides is 1. The van der Waals surface area contributed by atoms with Crippen molar-refractivity contribution in [3.8, 4) is 0 Å². The number of ether oxygens (including phenoxy) is 1. The minimum absolute atomic E-state index is 0. The molecule has 0 aromatic rings. The van der Waals surface area contributed by atoms with Crippen molar-refractivity contribution in [2.24, 2.45) is 4.99 Å². The van der Waals surface area contributed by atoms with Crippen LogP contribution in [0.1, 0.15) is 20.8 Å². The topological polar surface area (TPSA) is 57.2 Å². The van der Waals surface area contributed by atoms with Crippen LogP contribution in [0, 0.1) is 0 Å². The molecule has 0 aromatic heterocycles. The number of carbonyl (C=O) groups excluding carboxylic acids is 1. The molecule has 1 heterocycles. The lowest BCUT2D eigenvalue weighted by Gasteiger charge is -2.36. The molecular weight excluding hydrogens is 415 g/mol. The van der Waals surface area contributed by atoms with Crippen molar-refractivity contribution in [3.05, 3.63) is 0 Å². The number of nitrogens with zero attached hydrogens (tertiary/aromatic N) is 3. The monoisotopic (exact) mass is 444 g/mol. The summed E-state index contributed by atoms with van der Waals surface area (Å²) < 4.78 is 5.04. The highest BCUT2D eigenvalue weighted by atomic mass is 127. The lowest BCUT2D eigenvalue weighted by molar-refractivity contribution is 0.0914. The fourth-order valence-electron chi connectivity index (χ4n) is 2.03. The Balaban J connectivity index is 0.00000441. The Kier molecular flexibility index (Phi) is 11.9. The van der Waals surface area contributed by atoms with Crippen molar-refractivity contribution in [2.45, 2.75) is 26.0 Å². The third-order valence-electron chi connectivity index (χ3n) is 3.34. The van der Waals surface area contributed by atoms with Crippen LogP contribution in [0.5, 0.6) is 0 Å². The normalized spacial score (nSPS) is 16.8. The molecule has 1 fully saturated rings. The summed E-state index contributed by atoms with van der Waals surface area (Å²) in [6.45, 7) is 11.1. The van der Waals surface area contributed by atoms with E-state index in [4.69, 9.17) is 9.73 Å². The van der Waals surface area contributed by atoms with E-state index in [0.717, 1.165) is 32.1 Å². The largest absolute Gasteiger partial charge is 0.450 e. The van der Waals surface area contributed by atoms with Gasteiger partial charge in [-0.25, -0.2) is 4.79 Å². The van der Waals surface area contributed by atoms with Crippen LogP contribution in [-0.4, -0.2) is 79.2 Å². The van der Waals surface area contributed by atoms with Gasteiger partial charge in [0.1, 0.15) is 0 Å². The van der Waals surface area contributed by atoms with Crippen molar-refractivity contribution in [2.75, 3.05) is 52.1 Å². The summed E-state index contributed by atoms with van der Waals surface area (Å²) in [5.74, 6) is 0.946. The average molecular weight is 444 g/mol. The third-order valence-corrected chi connectivity index (χ3v) is 4.29. The third kappa shape index (κ3) is 7.26. The van der Waals surface area contributed by atoms with E-state index in [2.05, 4.69) is 30.3 Å². The number of halogens is 1. The Morgan fingerprint density at radius 2 is 1.86 bits per heavy atom. The molecule has 6 nitrogen and oxygen atoms in total. The number of hydrogen-bond acceptors (Lipinski definition) is 4. The summed E-state index contributed by atoms with van der Waals surface area (Å²) >= 11 is 1.82. The second kappa shape index (κ2) is 12.1. The number of thioether (sulfide) groups is 1. The maximum absolute atomic E-state index is 11.7. The fraction of sp³-hybridized carbons (Fsp3) is 0.857. The molecule has 1 saturated heterocycles. The fourth-order valence-corrected chi connectivity index (χ4v) is 2.25. The van der Waals surface area contributed by atoms with Crippen LogP contribution < -0.4 is 5.32 Å². The summed E-state index contributed by atoms with van der Waals surface area (Å²) in [7, 11) is 0. The summed E-state index contributed by atoms with van der Waals surface area (Å²) in [5, 5.41) is 3.85. The molecule has 1 aliphatic heterocycles. The molecular formula is C14H29IN4O2S. The predicted molar refractivity (Wildman–Crippen MR) is 105 cm³/mol. The molecule has 1 atom stereocenters. The van der Waals surface area contributed by atoms with Crippen LogP contribution >= 0.6 is 35.7 Å². The Morgan fingerprint density at radius 1 is 1.27 bits per heavy atom. The molecule has 22 heavy (non-hydrogen) atoms. The highest BCUT2D eigenvalue weighted by molar-refractivity contribution is 14.0. The summed E-state index contributed by atoms with van der Waals surface area (Å²) in [6, 6.07) is 0. The van der Waals surface area contributed by atoms with Crippen LogP contribution in [0.2, 0.25) is 0 Å². The number of carbonyl (C=O) groups is 1. The van der Waals surface area contributed by atoms with E-state index < -0.39 is 0 Å². The Morgan fingerprint density at radius 3 is 2.36 bits per heavy atom. The maximum atomic E-state index is 11.7. The van der Waals surface area contributed by atoms with Gasteiger partial charge >= 0.3 is 6.09 Å².